The van der Waals surface area contributed by atoms with E-state index < -0.39 is 5.66 Å². The number of fused-ring (bicyclic) bond motifs is 1. The lowest BCUT2D eigenvalue weighted by atomic mass is 9.92. The molecule has 2 heterocycles. The molecule has 0 bridgehead atoms. The Hall–Kier alpha value is -3.79. The molecule has 3 aromatic carbocycles. The molecule has 4 nitrogen and oxygen atoms in total. The molecule has 0 aliphatic carbocycles. The molecule has 0 saturated heterocycles. The first-order valence-electron chi connectivity index (χ1n) is 10.0. The van der Waals surface area contributed by atoms with Gasteiger partial charge in [-0.2, -0.15) is 0 Å². The molecule has 30 heavy (non-hydrogen) atoms. The van der Waals surface area contributed by atoms with Crippen molar-refractivity contribution in [1.82, 2.24) is 4.90 Å². The smallest absolute Gasteiger partial charge is 0.258 e. The lowest BCUT2D eigenvalue weighted by Crippen LogP contribution is -2.55. The molecule has 1 atom stereocenters. The van der Waals surface area contributed by atoms with E-state index in [0.717, 1.165) is 22.6 Å². The molecule has 1 aliphatic heterocycles. The topological polar surface area (TPSA) is 45.5 Å². The molecule has 1 N–H and O–H groups in total. The predicted octanol–water partition coefficient (Wildman–Crippen LogP) is 5.89. The number of nitrogens with one attached hydrogen (secondary N) is 1. The number of amides is 1. The molecule has 1 aliphatic rings. The molecule has 148 valence electrons. The first-order valence-corrected chi connectivity index (χ1v) is 10.0. The fraction of sp³-hybridized carbons (Fsp3) is 0.115. The lowest BCUT2D eigenvalue weighted by molar-refractivity contribution is 0.0487. The quantitative estimate of drug-likeness (QED) is 0.470. The van der Waals surface area contributed by atoms with Crippen LogP contribution in [-0.2, 0) is 12.2 Å². The summed E-state index contributed by atoms with van der Waals surface area (Å²) in [7, 11) is 0. The van der Waals surface area contributed by atoms with Crippen LogP contribution in [0.25, 0.3) is 11.1 Å². The standard InChI is InChI=1S/C26H22N2O2/c1-26(21-15-13-20(14-16-21)19-8-3-2-4-9-19)27-24-12-6-5-11-23(24)25(29)28(26)18-22-10-7-17-30-22/h2-17,27H,18H2,1H3. The van der Waals surface area contributed by atoms with Gasteiger partial charge in [0.25, 0.3) is 5.91 Å². The minimum atomic E-state index is -0.715. The summed E-state index contributed by atoms with van der Waals surface area (Å²) in [6.07, 6.45) is 1.64. The van der Waals surface area contributed by atoms with Crippen molar-refractivity contribution >= 4 is 11.6 Å². The Labute approximate surface area is 175 Å². The molecule has 0 saturated carbocycles. The Morgan fingerprint density at radius 1 is 0.833 bits per heavy atom. The average molecular weight is 394 g/mol. The van der Waals surface area contributed by atoms with Crippen molar-refractivity contribution in [2.45, 2.75) is 19.1 Å². The highest BCUT2D eigenvalue weighted by atomic mass is 16.3. The summed E-state index contributed by atoms with van der Waals surface area (Å²) < 4.78 is 5.56. The second kappa shape index (κ2) is 7.23. The fourth-order valence-corrected chi connectivity index (χ4v) is 4.09. The van der Waals surface area contributed by atoms with E-state index in [1.807, 2.05) is 66.4 Å². The molecule has 5 rings (SSSR count). The van der Waals surface area contributed by atoms with Gasteiger partial charge in [0.1, 0.15) is 11.4 Å². The average Bonchev–Trinajstić information content (AvgIpc) is 3.31. The van der Waals surface area contributed by atoms with E-state index >= 15 is 0 Å². The number of benzene rings is 3. The molecule has 4 heteroatoms. The summed E-state index contributed by atoms with van der Waals surface area (Å²) >= 11 is 0. The third-order valence-electron chi connectivity index (χ3n) is 5.77. The maximum absolute atomic E-state index is 13.5. The van der Waals surface area contributed by atoms with E-state index in [-0.39, 0.29) is 5.91 Å². The number of rotatable bonds is 4. The predicted molar refractivity (Wildman–Crippen MR) is 118 cm³/mol. The monoisotopic (exact) mass is 394 g/mol. The van der Waals surface area contributed by atoms with Gasteiger partial charge in [-0.1, -0.05) is 66.7 Å². The second-order valence-corrected chi connectivity index (χ2v) is 7.66. The van der Waals surface area contributed by atoms with E-state index in [4.69, 9.17) is 4.42 Å². The first kappa shape index (κ1) is 18.3. The normalized spacial score (nSPS) is 18.0. The molecular formula is C26H22N2O2. The van der Waals surface area contributed by atoms with Gasteiger partial charge in [0.15, 0.2) is 0 Å². The fourth-order valence-electron chi connectivity index (χ4n) is 4.09. The van der Waals surface area contributed by atoms with Gasteiger partial charge in [-0.3, -0.25) is 4.79 Å². The van der Waals surface area contributed by atoms with Crippen molar-refractivity contribution in [1.29, 1.82) is 0 Å². The van der Waals surface area contributed by atoms with Gasteiger partial charge < -0.3 is 14.6 Å². The summed E-state index contributed by atoms with van der Waals surface area (Å²) in [5, 5.41) is 3.61. The highest BCUT2D eigenvalue weighted by molar-refractivity contribution is 6.02. The number of nitrogens with zero attached hydrogens (tertiary/aromatic N) is 1. The van der Waals surface area contributed by atoms with E-state index in [2.05, 4.69) is 41.7 Å². The zero-order valence-electron chi connectivity index (χ0n) is 16.7. The maximum atomic E-state index is 13.5. The molecule has 4 aromatic rings. The number of hydrogen-bond acceptors (Lipinski definition) is 3. The van der Waals surface area contributed by atoms with Gasteiger partial charge >= 0.3 is 0 Å². The van der Waals surface area contributed by atoms with E-state index in [1.165, 1.54) is 5.56 Å². The molecular weight excluding hydrogens is 372 g/mol. The maximum Gasteiger partial charge on any atom is 0.258 e. The van der Waals surface area contributed by atoms with E-state index in [1.54, 1.807) is 6.26 Å². The molecule has 1 amide bonds. The van der Waals surface area contributed by atoms with Crippen LogP contribution in [0.2, 0.25) is 0 Å². The number of para-hydroxylation sites is 1. The molecule has 1 aromatic heterocycles. The van der Waals surface area contributed by atoms with Crippen molar-refractivity contribution in [2.75, 3.05) is 5.32 Å². The van der Waals surface area contributed by atoms with Crippen LogP contribution in [0.15, 0.2) is 102 Å². The zero-order valence-corrected chi connectivity index (χ0v) is 16.7. The SMILES string of the molecule is CC1(c2ccc(-c3ccccc3)cc2)Nc2ccccc2C(=O)N1Cc1ccco1. The third-order valence-corrected chi connectivity index (χ3v) is 5.77. The number of hydrogen-bond donors (Lipinski definition) is 1. The van der Waals surface area contributed by atoms with Gasteiger partial charge in [0.2, 0.25) is 0 Å². The number of carbonyl (C=O) groups excluding carboxylic acids is 1. The van der Waals surface area contributed by atoms with E-state index in [9.17, 15) is 4.79 Å². The van der Waals surface area contributed by atoms with Crippen LogP contribution in [0, 0.1) is 0 Å². The Morgan fingerprint density at radius 3 is 2.27 bits per heavy atom. The van der Waals surface area contributed by atoms with Crippen LogP contribution in [0.1, 0.15) is 28.6 Å². The van der Waals surface area contributed by atoms with Crippen LogP contribution >= 0.6 is 0 Å². The van der Waals surface area contributed by atoms with Crippen LogP contribution < -0.4 is 5.32 Å². The van der Waals surface area contributed by atoms with Crippen LogP contribution in [0.4, 0.5) is 5.69 Å². The van der Waals surface area contributed by atoms with Crippen LogP contribution in [-0.4, -0.2) is 10.8 Å². The van der Waals surface area contributed by atoms with Gasteiger partial charge in [0, 0.05) is 5.69 Å². The van der Waals surface area contributed by atoms with Crippen molar-refractivity contribution in [3.05, 3.63) is 114 Å². The van der Waals surface area contributed by atoms with Crippen LogP contribution in [0.5, 0.6) is 0 Å². The van der Waals surface area contributed by atoms with Gasteiger partial charge in [-0.25, -0.2) is 0 Å². The molecule has 0 radical (unpaired) electrons. The highest BCUT2D eigenvalue weighted by Crippen LogP contribution is 2.39. The van der Waals surface area contributed by atoms with Crippen molar-refractivity contribution in [3.8, 4) is 11.1 Å². The summed E-state index contributed by atoms with van der Waals surface area (Å²) in [6.45, 7) is 2.42. The van der Waals surface area contributed by atoms with Crippen molar-refractivity contribution < 1.29 is 9.21 Å². The number of carbonyl (C=O) groups is 1. The highest BCUT2D eigenvalue weighted by Gasteiger charge is 2.42. The van der Waals surface area contributed by atoms with E-state index in [0.29, 0.717) is 12.1 Å². The molecule has 0 spiro atoms. The second-order valence-electron chi connectivity index (χ2n) is 7.66. The Morgan fingerprint density at radius 2 is 1.53 bits per heavy atom. The van der Waals surface area contributed by atoms with Gasteiger partial charge in [-0.15, -0.1) is 0 Å². The minimum absolute atomic E-state index is 0.0182. The molecule has 1 unspecified atom stereocenters. The van der Waals surface area contributed by atoms with Gasteiger partial charge in [-0.05, 0) is 47.9 Å². The summed E-state index contributed by atoms with van der Waals surface area (Å²) in [6, 6.07) is 30.1. The van der Waals surface area contributed by atoms with Crippen molar-refractivity contribution in [2.24, 2.45) is 0 Å². The summed E-state index contributed by atoms with van der Waals surface area (Å²) in [5.74, 6) is 0.729. The van der Waals surface area contributed by atoms with Crippen molar-refractivity contribution in [3.63, 3.8) is 0 Å². The minimum Gasteiger partial charge on any atom is -0.467 e. The zero-order chi connectivity index (χ0) is 20.6. The summed E-state index contributed by atoms with van der Waals surface area (Å²) in [4.78, 5) is 15.3. The first-order chi connectivity index (χ1) is 14.6. The summed E-state index contributed by atoms with van der Waals surface area (Å²) in [5.41, 5.74) is 4.11. The lowest BCUT2D eigenvalue weighted by Gasteiger charge is -2.46. The Bertz CT molecular complexity index is 1170. The Balaban J connectivity index is 1.57. The third kappa shape index (κ3) is 3.07. The number of anilines is 1. The largest absolute Gasteiger partial charge is 0.467 e. The van der Waals surface area contributed by atoms with Crippen LogP contribution in [0.3, 0.4) is 0 Å². The molecule has 0 fully saturated rings. The number of furan rings is 1. The Kier molecular flexibility index (Phi) is 4.40. The van der Waals surface area contributed by atoms with Gasteiger partial charge in [0.05, 0.1) is 18.4 Å².